The van der Waals surface area contributed by atoms with E-state index in [0.29, 0.717) is 12.4 Å². The predicted molar refractivity (Wildman–Crippen MR) is 72.9 cm³/mol. The van der Waals surface area contributed by atoms with Crippen LogP contribution >= 0.6 is 0 Å². The van der Waals surface area contributed by atoms with E-state index < -0.39 is 11.6 Å². The largest absolute Gasteiger partial charge is 0.481 e. The Kier molecular flexibility index (Phi) is 3.92. The Bertz CT molecular complexity index is 638. The maximum Gasteiger partial charge on any atom is 0.216 e. The first kappa shape index (κ1) is 14.3. The van der Waals surface area contributed by atoms with Gasteiger partial charge in [0, 0.05) is 19.7 Å². The second-order valence-electron chi connectivity index (χ2n) is 4.63. The summed E-state index contributed by atoms with van der Waals surface area (Å²) in [4.78, 5) is 0. The average Bonchev–Trinajstić information content (AvgIpc) is 2.66. The molecule has 0 aliphatic rings. The van der Waals surface area contributed by atoms with E-state index in [1.165, 1.54) is 13.0 Å². The Labute approximate surface area is 116 Å². The first-order valence-electron chi connectivity index (χ1n) is 6.20. The number of ether oxygens (including phenoxy) is 1. The minimum atomic E-state index is -0.482. The smallest absolute Gasteiger partial charge is 0.216 e. The van der Waals surface area contributed by atoms with Crippen molar-refractivity contribution in [2.75, 3.05) is 12.4 Å². The van der Waals surface area contributed by atoms with Crippen LogP contribution < -0.4 is 10.1 Å². The van der Waals surface area contributed by atoms with Gasteiger partial charge in [0.1, 0.15) is 11.6 Å². The monoisotopic (exact) mass is 281 g/mol. The molecule has 1 N–H and O–H groups in total. The highest BCUT2D eigenvalue weighted by atomic mass is 19.1. The molecule has 2 rings (SSSR count). The summed E-state index contributed by atoms with van der Waals surface area (Å²) in [5.74, 6) is -0.323. The highest BCUT2D eigenvalue weighted by molar-refractivity contribution is 5.48. The minimum absolute atomic E-state index is 0.124. The van der Waals surface area contributed by atoms with Crippen molar-refractivity contribution in [3.05, 3.63) is 40.6 Å². The van der Waals surface area contributed by atoms with E-state index in [1.807, 2.05) is 6.92 Å². The topological polar surface area (TPSA) is 39.1 Å². The maximum absolute atomic E-state index is 13.7. The molecule has 0 fully saturated rings. The number of halogens is 2. The molecule has 6 heteroatoms. The number of aromatic nitrogens is 2. The number of methoxy groups -OCH3 is 1. The van der Waals surface area contributed by atoms with E-state index in [1.54, 1.807) is 18.8 Å². The van der Waals surface area contributed by atoms with Gasteiger partial charge < -0.3 is 10.1 Å². The second-order valence-corrected chi connectivity index (χ2v) is 4.63. The molecule has 0 radical (unpaired) electrons. The van der Waals surface area contributed by atoms with Crippen molar-refractivity contribution in [2.45, 2.75) is 20.4 Å². The Balaban J connectivity index is 2.23. The zero-order valence-electron chi connectivity index (χ0n) is 11.9. The van der Waals surface area contributed by atoms with Gasteiger partial charge in [0.05, 0.1) is 24.1 Å². The summed E-state index contributed by atoms with van der Waals surface area (Å²) in [5.41, 5.74) is 2.00. The van der Waals surface area contributed by atoms with Crippen LogP contribution in [0.3, 0.4) is 0 Å². The molecule has 108 valence electrons. The van der Waals surface area contributed by atoms with E-state index in [2.05, 4.69) is 10.4 Å². The summed E-state index contributed by atoms with van der Waals surface area (Å²) >= 11 is 0. The van der Waals surface area contributed by atoms with Gasteiger partial charge in [-0.1, -0.05) is 0 Å². The minimum Gasteiger partial charge on any atom is -0.481 e. The fraction of sp³-hybridized carbons (Fsp3) is 0.357. The van der Waals surface area contributed by atoms with Gasteiger partial charge in [-0.2, -0.15) is 5.10 Å². The summed E-state index contributed by atoms with van der Waals surface area (Å²) in [6, 6.07) is 2.33. The predicted octanol–water partition coefficient (Wildman–Crippen LogP) is 2.94. The number of rotatable bonds is 4. The lowest BCUT2D eigenvalue weighted by Crippen LogP contribution is -2.05. The standard InChI is InChI=1S/C14H17F2N3O/c1-8-5-12(16)13(6-11(8)15)17-7-10-9(2)18-19(3)14(10)20-4/h5-6,17H,7H2,1-4H3. The molecular formula is C14H17F2N3O. The lowest BCUT2D eigenvalue weighted by atomic mass is 10.2. The third-order valence-electron chi connectivity index (χ3n) is 3.19. The number of aryl methyl sites for hydroxylation is 3. The van der Waals surface area contributed by atoms with E-state index in [-0.39, 0.29) is 11.3 Å². The van der Waals surface area contributed by atoms with Gasteiger partial charge >= 0.3 is 0 Å². The summed E-state index contributed by atoms with van der Waals surface area (Å²) < 4.78 is 34.1. The van der Waals surface area contributed by atoms with Crippen molar-refractivity contribution >= 4 is 5.69 Å². The molecule has 0 atom stereocenters. The Morgan fingerprint density at radius 2 is 1.95 bits per heavy atom. The second kappa shape index (κ2) is 5.48. The fourth-order valence-electron chi connectivity index (χ4n) is 2.11. The molecule has 0 saturated carbocycles. The molecule has 0 unspecified atom stereocenters. The third kappa shape index (κ3) is 2.59. The summed E-state index contributed by atoms with van der Waals surface area (Å²) in [7, 11) is 3.31. The van der Waals surface area contributed by atoms with Crippen LogP contribution in [0.25, 0.3) is 0 Å². The van der Waals surface area contributed by atoms with Gasteiger partial charge in [0.25, 0.3) is 0 Å². The summed E-state index contributed by atoms with van der Waals surface area (Å²) in [6.45, 7) is 3.67. The van der Waals surface area contributed by atoms with Gasteiger partial charge in [-0.3, -0.25) is 0 Å². The van der Waals surface area contributed by atoms with Crippen LogP contribution in [0.4, 0.5) is 14.5 Å². The molecule has 0 bridgehead atoms. The summed E-state index contributed by atoms with van der Waals surface area (Å²) in [5, 5.41) is 7.11. The lowest BCUT2D eigenvalue weighted by molar-refractivity contribution is 0.369. The van der Waals surface area contributed by atoms with Crippen molar-refractivity contribution < 1.29 is 13.5 Å². The fourth-order valence-corrected chi connectivity index (χ4v) is 2.11. The zero-order valence-corrected chi connectivity index (χ0v) is 11.9. The number of nitrogens with one attached hydrogen (secondary N) is 1. The van der Waals surface area contributed by atoms with Crippen LogP contribution in [0.2, 0.25) is 0 Å². The van der Waals surface area contributed by atoms with E-state index in [4.69, 9.17) is 4.74 Å². The van der Waals surface area contributed by atoms with Gasteiger partial charge in [-0.15, -0.1) is 0 Å². The first-order valence-corrected chi connectivity index (χ1v) is 6.20. The SMILES string of the molecule is COc1c(CNc2cc(F)c(C)cc2F)c(C)nn1C. The van der Waals surface area contributed by atoms with Crippen LogP contribution in [-0.2, 0) is 13.6 Å². The number of hydrogen-bond acceptors (Lipinski definition) is 3. The van der Waals surface area contributed by atoms with Gasteiger partial charge in [-0.25, -0.2) is 13.5 Å². The molecule has 0 aliphatic heterocycles. The molecule has 0 spiro atoms. The molecule has 1 aromatic carbocycles. The molecule has 20 heavy (non-hydrogen) atoms. The van der Waals surface area contributed by atoms with Crippen LogP contribution in [0.1, 0.15) is 16.8 Å². The third-order valence-corrected chi connectivity index (χ3v) is 3.19. The highest BCUT2D eigenvalue weighted by Crippen LogP contribution is 2.24. The van der Waals surface area contributed by atoms with Crippen molar-refractivity contribution in [3.63, 3.8) is 0 Å². The molecule has 2 aromatic rings. The molecule has 4 nitrogen and oxygen atoms in total. The van der Waals surface area contributed by atoms with E-state index in [9.17, 15) is 8.78 Å². The average molecular weight is 281 g/mol. The number of anilines is 1. The highest BCUT2D eigenvalue weighted by Gasteiger charge is 2.14. The van der Waals surface area contributed by atoms with Crippen molar-refractivity contribution in [2.24, 2.45) is 7.05 Å². The van der Waals surface area contributed by atoms with Crippen LogP contribution in [0, 0.1) is 25.5 Å². The molecule has 0 saturated heterocycles. The van der Waals surface area contributed by atoms with Gasteiger partial charge in [-0.05, 0) is 25.5 Å². The normalized spacial score (nSPS) is 10.7. The maximum atomic E-state index is 13.7. The van der Waals surface area contributed by atoms with E-state index in [0.717, 1.165) is 17.3 Å². The molecule has 0 aliphatic carbocycles. The number of hydrogen-bond donors (Lipinski definition) is 1. The Morgan fingerprint density at radius 1 is 1.25 bits per heavy atom. The van der Waals surface area contributed by atoms with Crippen molar-refractivity contribution in [1.82, 2.24) is 9.78 Å². The van der Waals surface area contributed by atoms with Crippen molar-refractivity contribution in [3.8, 4) is 5.88 Å². The van der Waals surface area contributed by atoms with Crippen molar-refractivity contribution in [1.29, 1.82) is 0 Å². The quantitative estimate of drug-likeness (QED) is 0.936. The number of benzene rings is 1. The lowest BCUT2D eigenvalue weighted by Gasteiger charge is -2.10. The molecule has 0 amide bonds. The number of nitrogens with zero attached hydrogens (tertiary/aromatic N) is 2. The van der Waals surface area contributed by atoms with Crippen LogP contribution in [-0.4, -0.2) is 16.9 Å². The molecular weight excluding hydrogens is 264 g/mol. The van der Waals surface area contributed by atoms with Crippen LogP contribution in [0.15, 0.2) is 12.1 Å². The molecule has 1 heterocycles. The zero-order chi connectivity index (χ0) is 14.9. The Morgan fingerprint density at radius 3 is 2.60 bits per heavy atom. The summed E-state index contributed by atoms with van der Waals surface area (Å²) in [6.07, 6.45) is 0. The first-order chi connectivity index (χ1) is 9.43. The molecule has 1 aromatic heterocycles. The van der Waals surface area contributed by atoms with Crippen LogP contribution in [0.5, 0.6) is 5.88 Å². The van der Waals surface area contributed by atoms with Gasteiger partial charge in [0.2, 0.25) is 5.88 Å². The van der Waals surface area contributed by atoms with E-state index >= 15 is 0 Å². The van der Waals surface area contributed by atoms with Gasteiger partial charge in [0.15, 0.2) is 0 Å². The Hall–Kier alpha value is -2.11.